The molecule has 0 aliphatic carbocycles. The molecule has 0 spiro atoms. The highest BCUT2D eigenvalue weighted by molar-refractivity contribution is 14.0. The van der Waals surface area contributed by atoms with Crippen LogP contribution in [0, 0.1) is 0 Å². The summed E-state index contributed by atoms with van der Waals surface area (Å²) in [7, 11) is 1.73. The van der Waals surface area contributed by atoms with E-state index in [-0.39, 0.29) is 36.0 Å². The molecule has 7 nitrogen and oxygen atoms in total. The van der Waals surface area contributed by atoms with E-state index in [0.29, 0.717) is 37.6 Å². The first-order valence-corrected chi connectivity index (χ1v) is 10.2. The van der Waals surface area contributed by atoms with Crippen molar-refractivity contribution in [2.24, 2.45) is 4.99 Å². The van der Waals surface area contributed by atoms with E-state index in [0.717, 1.165) is 44.1 Å². The Morgan fingerprint density at radius 3 is 2.62 bits per heavy atom. The highest BCUT2D eigenvalue weighted by Gasteiger charge is 2.14. The molecule has 1 aromatic rings. The molecular formula is C20H32ClIN4O3. The predicted octanol–water partition coefficient (Wildman–Crippen LogP) is 3.43. The fourth-order valence-corrected chi connectivity index (χ4v) is 2.93. The van der Waals surface area contributed by atoms with E-state index >= 15 is 0 Å². The molecule has 1 unspecified atom stereocenters. The second-order valence-electron chi connectivity index (χ2n) is 6.65. The SMILES string of the molecule is CN=C(NCCCOCC1CCCO1)NCCCC(=O)Nc1ccc(Cl)cc1.I. The van der Waals surface area contributed by atoms with Gasteiger partial charge in [-0.15, -0.1) is 24.0 Å². The van der Waals surface area contributed by atoms with Crippen LogP contribution in [-0.4, -0.2) is 57.9 Å². The molecule has 1 saturated heterocycles. The first-order valence-electron chi connectivity index (χ1n) is 9.86. The average molecular weight is 539 g/mol. The molecule has 1 aliphatic heterocycles. The van der Waals surface area contributed by atoms with E-state index in [9.17, 15) is 4.79 Å². The van der Waals surface area contributed by atoms with Crippen molar-refractivity contribution in [1.29, 1.82) is 0 Å². The number of aliphatic imine (C=N–C) groups is 1. The third-order valence-corrected chi connectivity index (χ3v) is 4.56. The molecule has 1 heterocycles. The van der Waals surface area contributed by atoms with Crippen LogP contribution < -0.4 is 16.0 Å². The number of guanidine groups is 1. The topological polar surface area (TPSA) is 84.0 Å². The Bertz CT molecular complexity index is 610. The molecule has 0 saturated carbocycles. The quantitative estimate of drug-likeness (QED) is 0.174. The number of benzene rings is 1. The van der Waals surface area contributed by atoms with Crippen molar-refractivity contribution in [2.45, 2.75) is 38.2 Å². The number of anilines is 1. The zero-order valence-electron chi connectivity index (χ0n) is 16.9. The zero-order chi connectivity index (χ0) is 20.0. The fourth-order valence-electron chi connectivity index (χ4n) is 2.80. The minimum Gasteiger partial charge on any atom is -0.379 e. The number of hydrogen-bond donors (Lipinski definition) is 3. The lowest BCUT2D eigenvalue weighted by atomic mass is 10.2. The molecule has 1 amide bonds. The predicted molar refractivity (Wildman–Crippen MR) is 129 cm³/mol. The van der Waals surface area contributed by atoms with Gasteiger partial charge in [0.2, 0.25) is 5.91 Å². The standard InChI is InChI=1S/C20H31ClN4O3.HI/c1-22-20(24-12-4-13-27-15-18-5-3-14-28-18)23-11-2-6-19(26)25-17-9-7-16(21)8-10-17;/h7-10,18H,2-6,11-15H2,1H3,(H,25,26)(H2,22,23,24);1H. The molecular weight excluding hydrogens is 507 g/mol. The molecule has 9 heteroatoms. The van der Waals surface area contributed by atoms with E-state index in [4.69, 9.17) is 21.1 Å². The summed E-state index contributed by atoms with van der Waals surface area (Å²) >= 11 is 5.83. The number of halogens is 2. The van der Waals surface area contributed by atoms with Gasteiger partial charge >= 0.3 is 0 Å². The summed E-state index contributed by atoms with van der Waals surface area (Å²) in [6, 6.07) is 7.08. The largest absolute Gasteiger partial charge is 0.379 e. The normalized spacial score (nSPS) is 16.2. The van der Waals surface area contributed by atoms with Crippen LogP contribution >= 0.6 is 35.6 Å². The van der Waals surface area contributed by atoms with Gasteiger partial charge in [0.15, 0.2) is 5.96 Å². The fraction of sp³-hybridized carbons (Fsp3) is 0.600. The van der Waals surface area contributed by atoms with Crippen LogP contribution in [0.4, 0.5) is 5.69 Å². The number of amides is 1. The lowest BCUT2D eigenvalue weighted by molar-refractivity contribution is -0.116. The van der Waals surface area contributed by atoms with E-state index in [1.807, 2.05) is 0 Å². The lowest BCUT2D eigenvalue weighted by Gasteiger charge is -2.13. The molecule has 1 aliphatic rings. The van der Waals surface area contributed by atoms with Crippen molar-refractivity contribution in [3.63, 3.8) is 0 Å². The minimum absolute atomic E-state index is 0. The number of nitrogens with zero attached hydrogens (tertiary/aromatic N) is 1. The highest BCUT2D eigenvalue weighted by Crippen LogP contribution is 2.13. The molecule has 0 aromatic heterocycles. The van der Waals surface area contributed by atoms with E-state index in [1.54, 1.807) is 31.3 Å². The van der Waals surface area contributed by atoms with Gasteiger partial charge in [0, 0.05) is 50.5 Å². The Labute approximate surface area is 195 Å². The second kappa shape index (κ2) is 15.7. The Hall–Kier alpha value is -1.10. The van der Waals surface area contributed by atoms with Crippen LogP contribution in [0.1, 0.15) is 32.1 Å². The number of nitrogens with one attached hydrogen (secondary N) is 3. The Balaban J connectivity index is 0.00000420. The van der Waals surface area contributed by atoms with Gasteiger partial charge in [-0.25, -0.2) is 0 Å². The van der Waals surface area contributed by atoms with Crippen molar-refractivity contribution >= 4 is 53.1 Å². The van der Waals surface area contributed by atoms with Crippen molar-refractivity contribution in [2.75, 3.05) is 45.3 Å². The molecule has 3 N–H and O–H groups in total. The van der Waals surface area contributed by atoms with Gasteiger partial charge in [0.25, 0.3) is 0 Å². The third kappa shape index (κ3) is 11.6. The number of carbonyl (C=O) groups is 1. The molecule has 2 rings (SSSR count). The lowest BCUT2D eigenvalue weighted by Crippen LogP contribution is -2.38. The molecule has 1 atom stereocenters. The minimum atomic E-state index is -0.0181. The van der Waals surface area contributed by atoms with Crippen LogP contribution in [0.3, 0.4) is 0 Å². The van der Waals surface area contributed by atoms with Crippen LogP contribution in [-0.2, 0) is 14.3 Å². The Morgan fingerprint density at radius 2 is 1.97 bits per heavy atom. The highest BCUT2D eigenvalue weighted by atomic mass is 127. The second-order valence-corrected chi connectivity index (χ2v) is 7.08. The van der Waals surface area contributed by atoms with Gasteiger partial charge in [-0.3, -0.25) is 9.79 Å². The van der Waals surface area contributed by atoms with Gasteiger partial charge in [0.05, 0.1) is 12.7 Å². The van der Waals surface area contributed by atoms with Gasteiger partial charge in [-0.05, 0) is 49.9 Å². The Kier molecular flexibility index (Phi) is 14.0. The summed E-state index contributed by atoms with van der Waals surface area (Å²) < 4.78 is 11.2. The summed E-state index contributed by atoms with van der Waals surface area (Å²) in [6.07, 6.45) is 4.57. The molecule has 1 aromatic carbocycles. The molecule has 0 radical (unpaired) electrons. The summed E-state index contributed by atoms with van der Waals surface area (Å²) in [5.41, 5.74) is 0.751. The molecule has 0 bridgehead atoms. The molecule has 164 valence electrons. The number of carbonyl (C=O) groups excluding carboxylic acids is 1. The molecule has 1 fully saturated rings. The first-order chi connectivity index (χ1) is 13.7. The summed E-state index contributed by atoms with van der Waals surface area (Å²) in [4.78, 5) is 16.1. The Morgan fingerprint density at radius 1 is 1.24 bits per heavy atom. The zero-order valence-corrected chi connectivity index (χ0v) is 20.0. The summed E-state index contributed by atoms with van der Waals surface area (Å²) in [6.45, 7) is 3.70. The van der Waals surface area contributed by atoms with Crippen molar-refractivity contribution < 1.29 is 14.3 Å². The average Bonchev–Trinajstić information content (AvgIpc) is 3.21. The number of rotatable bonds is 11. The van der Waals surface area contributed by atoms with Crippen LogP contribution in [0.2, 0.25) is 5.02 Å². The van der Waals surface area contributed by atoms with E-state index in [1.165, 1.54) is 0 Å². The van der Waals surface area contributed by atoms with Crippen LogP contribution in [0.15, 0.2) is 29.3 Å². The maximum atomic E-state index is 11.9. The van der Waals surface area contributed by atoms with Crippen molar-refractivity contribution in [1.82, 2.24) is 10.6 Å². The number of hydrogen-bond acceptors (Lipinski definition) is 4. The number of ether oxygens (including phenoxy) is 2. The molecule has 29 heavy (non-hydrogen) atoms. The van der Waals surface area contributed by atoms with Crippen molar-refractivity contribution in [3.8, 4) is 0 Å². The van der Waals surface area contributed by atoms with E-state index in [2.05, 4.69) is 20.9 Å². The van der Waals surface area contributed by atoms with Gasteiger partial charge in [-0.2, -0.15) is 0 Å². The summed E-state index contributed by atoms with van der Waals surface area (Å²) in [5.74, 6) is 0.715. The third-order valence-electron chi connectivity index (χ3n) is 4.31. The van der Waals surface area contributed by atoms with Gasteiger partial charge in [0.1, 0.15) is 0 Å². The van der Waals surface area contributed by atoms with Crippen LogP contribution in [0.5, 0.6) is 0 Å². The smallest absolute Gasteiger partial charge is 0.224 e. The van der Waals surface area contributed by atoms with Gasteiger partial charge < -0.3 is 25.4 Å². The van der Waals surface area contributed by atoms with Crippen molar-refractivity contribution in [3.05, 3.63) is 29.3 Å². The van der Waals surface area contributed by atoms with Crippen LogP contribution in [0.25, 0.3) is 0 Å². The maximum Gasteiger partial charge on any atom is 0.224 e. The van der Waals surface area contributed by atoms with E-state index < -0.39 is 0 Å². The first kappa shape index (κ1) is 25.9. The monoisotopic (exact) mass is 538 g/mol. The van der Waals surface area contributed by atoms with Gasteiger partial charge in [-0.1, -0.05) is 11.6 Å². The maximum absolute atomic E-state index is 11.9. The summed E-state index contributed by atoms with van der Waals surface area (Å²) in [5, 5.41) is 9.96.